The highest BCUT2D eigenvalue weighted by atomic mass is 35.5. The van der Waals surface area contributed by atoms with Crippen molar-refractivity contribution in [2.24, 2.45) is 7.05 Å². The second kappa shape index (κ2) is 7.13. The molecular weight excluding hydrogens is 325 g/mol. The van der Waals surface area contributed by atoms with Crippen molar-refractivity contribution in [1.29, 1.82) is 0 Å². The predicted octanol–water partition coefficient (Wildman–Crippen LogP) is 3.35. The van der Waals surface area contributed by atoms with Gasteiger partial charge in [-0.1, -0.05) is 30.1 Å². The van der Waals surface area contributed by atoms with E-state index in [2.05, 4.69) is 10.4 Å². The van der Waals surface area contributed by atoms with Crippen LogP contribution in [0.25, 0.3) is 0 Å². The second-order valence-corrected chi connectivity index (χ2v) is 5.84. The highest BCUT2D eigenvalue weighted by Gasteiger charge is 2.16. The lowest BCUT2D eigenvalue weighted by Crippen LogP contribution is -2.17. The Bertz CT molecular complexity index is 665. The van der Waals surface area contributed by atoms with Gasteiger partial charge in [-0.15, -0.1) is 0 Å². The van der Waals surface area contributed by atoms with Gasteiger partial charge < -0.3 is 10.4 Å². The van der Waals surface area contributed by atoms with Gasteiger partial charge in [-0.05, 0) is 30.2 Å². The lowest BCUT2D eigenvalue weighted by molar-refractivity contribution is -0.118. The number of aliphatic hydroxyl groups excluding tert-OH is 1. The molecule has 0 fully saturated rings. The Hall–Kier alpha value is -1.56. The number of nitrogens with zero attached hydrogens (tertiary/aromatic N) is 2. The summed E-state index contributed by atoms with van der Waals surface area (Å²) in [5.41, 5.74) is 1.40. The molecule has 7 heteroatoms. The summed E-state index contributed by atoms with van der Waals surface area (Å²) < 4.78 is 1.60. The average Bonchev–Trinajstić information content (AvgIpc) is 2.78. The molecule has 0 aliphatic heterocycles. The van der Waals surface area contributed by atoms with Crippen molar-refractivity contribution >= 4 is 34.9 Å². The van der Waals surface area contributed by atoms with Gasteiger partial charge >= 0.3 is 0 Å². The molecule has 2 rings (SSSR count). The summed E-state index contributed by atoms with van der Waals surface area (Å²) in [6, 6.07) is 6.55. The zero-order valence-corrected chi connectivity index (χ0v) is 13.8. The second-order valence-electron chi connectivity index (χ2n) is 4.97. The molecule has 5 nitrogen and oxygen atoms in total. The van der Waals surface area contributed by atoms with Gasteiger partial charge in [-0.3, -0.25) is 9.48 Å². The Balaban J connectivity index is 2.03. The van der Waals surface area contributed by atoms with Crippen LogP contribution in [0.15, 0.2) is 24.3 Å². The molecule has 0 saturated carbocycles. The highest BCUT2D eigenvalue weighted by Crippen LogP contribution is 2.25. The molecule has 22 heavy (non-hydrogen) atoms. The van der Waals surface area contributed by atoms with Crippen LogP contribution < -0.4 is 5.32 Å². The van der Waals surface area contributed by atoms with Crippen LogP contribution >= 0.6 is 23.2 Å². The molecule has 0 aliphatic carbocycles. The number of aryl methyl sites for hydroxylation is 2. The quantitative estimate of drug-likeness (QED) is 0.876. The number of aliphatic hydroxyl groups is 1. The molecule has 2 aromatic rings. The Morgan fingerprint density at radius 3 is 2.50 bits per heavy atom. The Kier molecular flexibility index (Phi) is 5.45. The Labute approximate surface area is 138 Å². The summed E-state index contributed by atoms with van der Waals surface area (Å²) in [6.07, 6.45) is -0.286. The number of carbonyl (C=O) groups is 1. The van der Waals surface area contributed by atoms with E-state index in [0.29, 0.717) is 21.4 Å². The number of amides is 1. The Morgan fingerprint density at radius 2 is 1.95 bits per heavy atom. The normalized spacial score (nSPS) is 12.2. The molecule has 0 aliphatic rings. The van der Waals surface area contributed by atoms with Crippen LogP contribution in [0.4, 0.5) is 5.82 Å². The van der Waals surface area contributed by atoms with Crippen molar-refractivity contribution in [2.75, 3.05) is 5.32 Å². The van der Waals surface area contributed by atoms with E-state index in [-0.39, 0.29) is 12.3 Å². The molecule has 1 aromatic heterocycles. The fourth-order valence-electron chi connectivity index (χ4n) is 2.07. The third-order valence-corrected chi connectivity index (χ3v) is 3.64. The molecule has 0 radical (unpaired) electrons. The van der Waals surface area contributed by atoms with E-state index in [1.807, 2.05) is 6.92 Å². The van der Waals surface area contributed by atoms with Gasteiger partial charge in [-0.2, -0.15) is 5.10 Å². The first-order chi connectivity index (χ1) is 10.4. The van der Waals surface area contributed by atoms with Crippen molar-refractivity contribution in [1.82, 2.24) is 9.78 Å². The van der Waals surface area contributed by atoms with Crippen LogP contribution in [0.5, 0.6) is 0 Å². The van der Waals surface area contributed by atoms with Gasteiger partial charge in [0.15, 0.2) is 0 Å². The van der Waals surface area contributed by atoms with E-state index in [9.17, 15) is 9.90 Å². The van der Waals surface area contributed by atoms with Gasteiger partial charge in [0.2, 0.25) is 5.91 Å². The molecule has 2 N–H and O–H groups in total. The molecule has 0 bridgehead atoms. The lowest BCUT2D eigenvalue weighted by Gasteiger charge is -2.12. The largest absolute Gasteiger partial charge is 0.388 e. The van der Waals surface area contributed by atoms with Crippen molar-refractivity contribution in [2.45, 2.75) is 25.9 Å². The fourth-order valence-corrected chi connectivity index (χ4v) is 2.61. The van der Waals surface area contributed by atoms with Crippen LogP contribution in [0, 0.1) is 0 Å². The van der Waals surface area contributed by atoms with E-state index in [0.717, 1.165) is 12.1 Å². The van der Waals surface area contributed by atoms with Crippen molar-refractivity contribution in [3.05, 3.63) is 45.6 Å². The van der Waals surface area contributed by atoms with E-state index in [4.69, 9.17) is 23.2 Å². The monoisotopic (exact) mass is 341 g/mol. The zero-order chi connectivity index (χ0) is 16.3. The smallest absolute Gasteiger partial charge is 0.228 e. The number of anilines is 1. The topological polar surface area (TPSA) is 67.2 Å². The summed E-state index contributed by atoms with van der Waals surface area (Å²) >= 11 is 11.8. The number of hydrogen-bond acceptors (Lipinski definition) is 3. The predicted molar refractivity (Wildman–Crippen MR) is 87.3 cm³/mol. The number of aromatic nitrogens is 2. The van der Waals surface area contributed by atoms with Crippen LogP contribution in [-0.2, 0) is 18.3 Å². The van der Waals surface area contributed by atoms with E-state index in [1.54, 1.807) is 36.0 Å². The summed E-state index contributed by atoms with van der Waals surface area (Å²) in [4.78, 5) is 12.0. The van der Waals surface area contributed by atoms with Crippen LogP contribution in [0.1, 0.15) is 30.7 Å². The SMILES string of the molecule is CCc1cc(NC(=O)CC(O)c2cc(Cl)cc(Cl)c2)n(C)n1. The molecule has 1 atom stereocenters. The Morgan fingerprint density at radius 1 is 1.32 bits per heavy atom. The van der Waals surface area contributed by atoms with E-state index < -0.39 is 6.10 Å². The molecule has 1 aromatic carbocycles. The van der Waals surface area contributed by atoms with Crippen LogP contribution in [0.3, 0.4) is 0 Å². The minimum Gasteiger partial charge on any atom is -0.388 e. The molecular formula is C15H17Cl2N3O2. The highest BCUT2D eigenvalue weighted by molar-refractivity contribution is 6.34. The van der Waals surface area contributed by atoms with E-state index in [1.165, 1.54) is 0 Å². The fraction of sp³-hybridized carbons (Fsp3) is 0.333. The summed E-state index contributed by atoms with van der Waals surface area (Å²) in [7, 11) is 1.75. The maximum atomic E-state index is 12.0. The first kappa shape index (κ1) is 16.8. The molecule has 118 valence electrons. The standard InChI is InChI=1S/C15H17Cl2N3O2/c1-3-12-7-14(20(2)19-12)18-15(22)8-13(21)9-4-10(16)6-11(17)5-9/h4-7,13,21H,3,8H2,1-2H3,(H,18,22). The van der Waals surface area contributed by atoms with Gasteiger partial charge in [0.05, 0.1) is 18.2 Å². The van der Waals surface area contributed by atoms with Crippen molar-refractivity contribution in [3.8, 4) is 0 Å². The average molecular weight is 342 g/mol. The minimum atomic E-state index is -0.977. The number of rotatable bonds is 5. The summed E-state index contributed by atoms with van der Waals surface area (Å²) in [5, 5.41) is 18.0. The molecule has 0 saturated heterocycles. The van der Waals surface area contributed by atoms with Gasteiger partial charge in [0.1, 0.15) is 5.82 Å². The minimum absolute atomic E-state index is 0.0939. The first-order valence-corrected chi connectivity index (χ1v) is 7.61. The maximum Gasteiger partial charge on any atom is 0.228 e. The molecule has 1 amide bonds. The number of carbonyl (C=O) groups excluding carboxylic acids is 1. The number of benzene rings is 1. The zero-order valence-electron chi connectivity index (χ0n) is 12.3. The maximum absolute atomic E-state index is 12.0. The number of nitrogens with one attached hydrogen (secondary N) is 1. The van der Waals surface area contributed by atoms with Gasteiger partial charge in [0.25, 0.3) is 0 Å². The van der Waals surface area contributed by atoms with Crippen LogP contribution in [0.2, 0.25) is 10.0 Å². The van der Waals surface area contributed by atoms with Crippen molar-refractivity contribution in [3.63, 3.8) is 0 Å². The molecule has 1 heterocycles. The summed E-state index contributed by atoms with van der Waals surface area (Å²) in [5.74, 6) is 0.285. The van der Waals surface area contributed by atoms with Crippen LogP contribution in [-0.4, -0.2) is 20.8 Å². The molecule has 1 unspecified atom stereocenters. The molecule has 0 spiro atoms. The third-order valence-electron chi connectivity index (χ3n) is 3.21. The van der Waals surface area contributed by atoms with Gasteiger partial charge in [0, 0.05) is 23.2 Å². The number of halogens is 2. The lowest BCUT2D eigenvalue weighted by atomic mass is 10.1. The third kappa shape index (κ3) is 4.22. The number of hydrogen-bond donors (Lipinski definition) is 2. The summed E-state index contributed by atoms with van der Waals surface area (Å²) in [6.45, 7) is 1.99. The first-order valence-electron chi connectivity index (χ1n) is 6.86. The van der Waals surface area contributed by atoms with Gasteiger partial charge in [-0.25, -0.2) is 0 Å². The van der Waals surface area contributed by atoms with E-state index >= 15 is 0 Å². The van der Waals surface area contributed by atoms with Crippen molar-refractivity contribution < 1.29 is 9.90 Å².